The van der Waals surface area contributed by atoms with Gasteiger partial charge in [0.05, 0.1) is 21.3 Å². The quantitative estimate of drug-likeness (QED) is 0.637. The molecule has 0 bridgehead atoms. The van der Waals surface area contributed by atoms with E-state index < -0.39 is 11.9 Å². The number of fused-ring (bicyclic) bond motifs is 1. The van der Waals surface area contributed by atoms with E-state index in [1.54, 1.807) is 18.2 Å². The van der Waals surface area contributed by atoms with Crippen LogP contribution in [0.15, 0.2) is 18.2 Å². The predicted octanol–water partition coefficient (Wildman–Crippen LogP) is 4.60. The minimum absolute atomic E-state index is 0. The van der Waals surface area contributed by atoms with Crippen molar-refractivity contribution in [2.75, 3.05) is 23.7 Å². The molecule has 1 aliphatic heterocycles. The zero-order valence-corrected chi connectivity index (χ0v) is 17.6. The monoisotopic (exact) mass is 448 g/mol. The summed E-state index contributed by atoms with van der Waals surface area (Å²) in [6, 6.07) is 4.44. The molecule has 0 spiro atoms. The fraction of sp³-hybridized carbons (Fsp3) is 0.294. The summed E-state index contributed by atoms with van der Waals surface area (Å²) in [5, 5.41) is 6.42. The van der Waals surface area contributed by atoms with Crippen LogP contribution >= 0.6 is 46.9 Å². The molecule has 6 nitrogen and oxygen atoms in total. The van der Waals surface area contributed by atoms with Crippen LogP contribution in [0.5, 0.6) is 0 Å². The van der Waals surface area contributed by atoms with Gasteiger partial charge in [0.15, 0.2) is 0 Å². The second-order valence-corrected chi connectivity index (χ2v) is 7.76. The van der Waals surface area contributed by atoms with Crippen molar-refractivity contribution in [3.63, 3.8) is 0 Å². The van der Waals surface area contributed by atoms with E-state index in [1.165, 1.54) is 11.3 Å². The van der Waals surface area contributed by atoms with E-state index in [4.69, 9.17) is 28.9 Å². The average molecular weight is 450 g/mol. The SMILES string of the molecule is CCN1CCc2c(sc(NC(=O)Nc3cccc(Cl)c3Cl)c2C(N)=O)C1.Cl. The lowest BCUT2D eigenvalue weighted by Gasteiger charge is -2.25. The van der Waals surface area contributed by atoms with Crippen LogP contribution in [0.25, 0.3) is 0 Å². The standard InChI is InChI=1S/C17H18Cl2N4O2S.ClH/c1-2-23-7-6-9-12(8-23)26-16(13(9)15(20)24)22-17(25)21-11-5-3-4-10(18)14(11)19;/h3-5H,2,6-8H2,1H3,(H2,20,24)(H2,21,22,25);1H. The van der Waals surface area contributed by atoms with Crippen LogP contribution in [0, 0.1) is 0 Å². The number of amides is 3. The van der Waals surface area contributed by atoms with Crippen molar-refractivity contribution < 1.29 is 9.59 Å². The van der Waals surface area contributed by atoms with Gasteiger partial charge in [-0.25, -0.2) is 4.79 Å². The number of likely N-dealkylation sites (N-methyl/N-ethyl adjacent to an activating group) is 1. The van der Waals surface area contributed by atoms with Crippen LogP contribution in [-0.2, 0) is 13.0 Å². The first kappa shape index (κ1) is 21.8. The molecule has 10 heteroatoms. The van der Waals surface area contributed by atoms with E-state index in [2.05, 4.69) is 22.5 Å². The predicted molar refractivity (Wildman–Crippen MR) is 114 cm³/mol. The zero-order valence-electron chi connectivity index (χ0n) is 14.5. The highest BCUT2D eigenvalue weighted by Crippen LogP contribution is 2.37. The Labute approximate surface area is 177 Å². The Morgan fingerprint density at radius 2 is 2.04 bits per heavy atom. The van der Waals surface area contributed by atoms with Crippen molar-refractivity contribution in [2.24, 2.45) is 5.73 Å². The number of carbonyl (C=O) groups excluding carboxylic acids is 2. The number of thiophene rings is 1. The number of halogens is 3. The highest BCUT2D eigenvalue weighted by atomic mass is 35.5. The third-order valence-electron chi connectivity index (χ3n) is 4.26. The summed E-state index contributed by atoms with van der Waals surface area (Å²) in [6.07, 6.45) is 0.737. The highest BCUT2D eigenvalue weighted by Gasteiger charge is 2.27. The maximum Gasteiger partial charge on any atom is 0.324 e. The molecule has 27 heavy (non-hydrogen) atoms. The van der Waals surface area contributed by atoms with Crippen LogP contribution in [0.3, 0.4) is 0 Å². The topological polar surface area (TPSA) is 87.5 Å². The highest BCUT2D eigenvalue weighted by molar-refractivity contribution is 7.17. The first-order valence-corrected chi connectivity index (χ1v) is 9.66. The number of carbonyl (C=O) groups is 2. The maximum atomic E-state index is 12.4. The Balaban J connectivity index is 0.00000261. The summed E-state index contributed by atoms with van der Waals surface area (Å²) in [4.78, 5) is 27.7. The van der Waals surface area contributed by atoms with Gasteiger partial charge in [-0.05, 0) is 30.7 Å². The van der Waals surface area contributed by atoms with Gasteiger partial charge >= 0.3 is 6.03 Å². The molecule has 0 saturated heterocycles. The molecule has 3 rings (SSSR count). The molecular formula is C17H19Cl3N4O2S. The fourth-order valence-corrected chi connectivity index (χ4v) is 4.57. The van der Waals surface area contributed by atoms with Gasteiger partial charge in [0.25, 0.3) is 5.91 Å². The van der Waals surface area contributed by atoms with Crippen LogP contribution in [-0.4, -0.2) is 29.9 Å². The van der Waals surface area contributed by atoms with Crippen molar-refractivity contribution in [2.45, 2.75) is 19.9 Å². The molecule has 2 aromatic rings. The second-order valence-electron chi connectivity index (χ2n) is 5.87. The molecule has 0 atom stereocenters. The third-order valence-corrected chi connectivity index (χ3v) is 6.21. The van der Waals surface area contributed by atoms with Crippen molar-refractivity contribution in [1.82, 2.24) is 4.90 Å². The van der Waals surface area contributed by atoms with Gasteiger partial charge in [0.2, 0.25) is 0 Å². The first-order valence-electron chi connectivity index (χ1n) is 8.09. The van der Waals surface area contributed by atoms with E-state index >= 15 is 0 Å². The molecule has 146 valence electrons. The first-order chi connectivity index (χ1) is 12.4. The van der Waals surface area contributed by atoms with Gasteiger partial charge in [0.1, 0.15) is 5.00 Å². The zero-order chi connectivity index (χ0) is 18.8. The van der Waals surface area contributed by atoms with Gasteiger partial charge < -0.3 is 11.1 Å². The van der Waals surface area contributed by atoms with Gasteiger partial charge in [-0.2, -0.15) is 0 Å². The number of primary amides is 1. The largest absolute Gasteiger partial charge is 0.365 e. The summed E-state index contributed by atoms with van der Waals surface area (Å²) in [5.74, 6) is -0.538. The van der Waals surface area contributed by atoms with Crippen molar-refractivity contribution in [3.8, 4) is 0 Å². The van der Waals surface area contributed by atoms with E-state index in [0.717, 1.165) is 36.5 Å². The second kappa shape index (κ2) is 9.12. The molecule has 2 heterocycles. The summed E-state index contributed by atoms with van der Waals surface area (Å²) < 4.78 is 0. The van der Waals surface area contributed by atoms with E-state index in [1.807, 2.05) is 0 Å². The Bertz CT molecular complexity index is 872. The Morgan fingerprint density at radius 1 is 1.30 bits per heavy atom. The molecule has 0 aliphatic carbocycles. The molecule has 1 aromatic carbocycles. The van der Waals surface area contributed by atoms with Gasteiger partial charge in [-0.3, -0.25) is 15.0 Å². The Hall–Kier alpha value is -1.51. The smallest absolute Gasteiger partial charge is 0.324 e. The lowest BCUT2D eigenvalue weighted by atomic mass is 10.0. The molecule has 1 aliphatic rings. The van der Waals surface area contributed by atoms with Gasteiger partial charge in [-0.1, -0.05) is 36.2 Å². The number of anilines is 2. The number of hydrogen-bond acceptors (Lipinski definition) is 4. The fourth-order valence-electron chi connectivity index (χ4n) is 2.93. The Morgan fingerprint density at radius 3 is 2.70 bits per heavy atom. The lowest BCUT2D eigenvalue weighted by Crippen LogP contribution is -2.30. The van der Waals surface area contributed by atoms with Crippen molar-refractivity contribution in [3.05, 3.63) is 44.2 Å². The average Bonchev–Trinajstić information content (AvgIpc) is 2.95. The van der Waals surface area contributed by atoms with E-state index in [0.29, 0.717) is 21.3 Å². The van der Waals surface area contributed by atoms with E-state index in [9.17, 15) is 9.59 Å². The number of nitrogens with zero attached hydrogens (tertiary/aromatic N) is 1. The normalized spacial score (nSPS) is 13.4. The van der Waals surface area contributed by atoms with Crippen LogP contribution < -0.4 is 16.4 Å². The minimum Gasteiger partial charge on any atom is -0.365 e. The molecular weight excluding hydrogens is 431 g/mol. The molecule has 0 unspecified atom stereocenters. The molecule has 1 aromatic heterocycles. The number of nitrogens with two attached hydrogens (primary N) is 1. The Kier molecular flexibility index (Phi) is 7.36. The number of benzene rings is 1. The minimum atomic E-state index is -0.538. The summed E-state index contributed by atoms with van der Waals surface area (Å²) in [6.45, 7) is 4.64. The maximum absolute atomic E-state index is 12.4. The summed E-state index contributed by atoms with van der Waals surface area (Å²) in [5.41, 5.74) is 7.28. The summed E-state index contributed by atoms with van der Waals surface area (Å²) >= 11 is 13.4. The number of urea groups is 1. The molecule has 0 fully saturated rings. The van der Waals surface area contributed by atoms with Gasteiger partial charge in [-0.15, -0.1) is 23.7 Å². The van der Waals surface area contributed by atoms with E-state index in [-0.39, 0.29) is 17.4 Å². The van der Waals surface area contributed by atoms with Crippen molar-refractivity contribution >= 4 is 69.6 Å². The molecule has 0 saturated carbocycles. The molecule has 3 amide bonds. The number of nitrogens with one attached hydrogen (secondary N) is 2. The van der Waals surface area contributed by atoms with Crippen LogP contribution in [0.1, 0.15) is 27.7 Å². The number of rotatable bonds is 4. The van der Waals surface area contributed by atoms with Crippen LogP contribution in [0.4, 0.5) is 15.5 Å². The van der Waals surface area contributed by atoms with Crippen molar-refractivity contribution in [1.29, 1.82) is 0 Å². The van der Waals surface area contributed by atoms with Crippen LogP contribution in [0.2, 0.25) is 10.0 Å². The number of hydrogen-bond donors (Lipinski definition) is 3. The molecule has 0 radical (unpaired) electrons. The third kappa shape index (κ3) is 4.67. The summed E-state index contributed by atoms with van der Waals surface area (Å²) in [7, 11) is 0. The molecule has 4 N–H and O–H groups in total. The lowest BCUT2D eigenvalue weighted by molar-refractivity contribution is 0.1000. The van der Waals surface area contributed by atoms with Gasteiger partial charge in [0, 0.05) is 18.0 Å².